The lowest BCUT2D eigenvalue weighted by Gasteiger charge is -2.26. The van der Waals surface area contributed by atoms with E-state index in [0.717, 1.165) is 16.5 Å². The van der Waals surface area contributed by atoms with Crippen molar-refractivity contribution < 1.29 is 0 Å². The van der Waals surface area contributed by atoms with Gasteiger partial charge in [0.15, 0.2) is 0 Å². The Labute approximate surface area is 262 Å². The number of aromatic nitrogens is 1. The fraction of sp³-hybridized carbons (Fsp3) is 0.500. The molecule has 3 unspecified atom stereocenters. The molecule has 4 aromatic rings. The summed E-state index contributed by atoms with van der Waals surface area (Å²) >= 11 is 5.12. The molecule has 5 rings (SSSR count). The molecule has 41 heavy (non-hydrogen) atoms. The molecule has 0 radical (unpaired) electrons. The average molecular weight is 615 g/mol. The lowest BCUT2D eigenvalue weighted by molar-refractivity contribution is 0.311. The zero-order chi connectivity index (χ0) is 30.7. The van der Waals surface area contributed by atoms with E-state index < -0.39 is 0 Å². The quantitative estimate of drug-likeness (QED) is 0.209. The molecule has 228 valence electrons. The molecule has 0 saturated heterocycles. The lowest BCUT2D eigenvalue weighted by Crippen LogP contribution is -2.25. The summed E-state index contributed by atoms with van der Waals surface area (Å²) in [6.07, 6.45) is 8.61. The Morgan fingerprint density at radius 2 is 1.27 bits per heavy atom. The van der Waals surface area contributed by atoms with E-state index in [1.807, 2.05) is 69.5 Å². The molecule has 3 aromatic heterocycles. The molecule has 6 N–H and O–H groups in total. The van der Waals surface area contributed by atoms with Crippen molar-refractivity contribution in [2.75, 3.05) is 0 Å². The fourth-order valence-electron chi connectivity index (χ4n) is 4.29. The normalized spacial score (nSPS) is 15.2. The van der Waals surface area contributed by atoms with Crippen molar-refractivity contribution in [3.63, 3.8) is 0 Å². The predicted molar refractivity (Wildman–Crippen MR) is 186 cm³/mol. The molecule has 1 fully saturated rings. The van der Waals surface area contributed by atoms with E-state index in [0.29, 0.717) is 6.04 Å². The molecular weight excluding hydrogens is 561 g/mol. The van der Waals surface area contributed by atoms with Gasteiger partial charge in [-0.25, -0.2) is 4.98 Å². The Kier molecular flexibility index (Phi) is 19.0. The molecule has 0 aliphatic heterocycles. The maximum absolute atomic E-state index is 6.22. The van der Waals surface area contributed by atoms with Gasteiger partial charge in [0.1, 0.15) is 5.01 Å². The molecule has 0 bridgehead atoms. The number of hydrogen-bond acceptors (Lipinski definition) is 7. The average Bonchev–Trinajstić information content (AvgIpc) is 3.84. The maximum Gasteiger partial charge on any atom is 0.114 e. The highest BCUT2D eigenvalue weighted by molar-refractivity contribution is 7.10. The summed E-state index contributed by atoms with van der Waals surface area (Å²) in [6.45, 7) is 14.5. The van der Waals surface area contributed by atoms with E-state index in [-0.39, 0.29) is 17.5 Å². The first-order valence-corrected chi connectivity index (χ1v) is 17.7. The number of thiazole rings is 1. The van der Waals surface area contributed by atoms with Crippen molar-refractivity contribution in [1.82, 2.24) is 4.98 Å². The minimum absolute atomic E-state index is 0.0822. The second-order valence-corrected chi connectivity index (χ2v) is 13.4. The SMILES string of the molecule is CC.CC.CC(C)(C)C(N)c1cccs1.NC(c1ccccc1)c1nccs1.NC(c1cccs1)C1CCCCC1. The fourth-order valence-corrected chi connectivity index (χ4v) is 6.75. The van der Waals surface area contributed by atoms with Gasteiger partial charge >= 0.3 is 0 Å². The second kappa shape index (κ2) is 20.9. The Morgan fingerprint density at radius 3 is 1.73 bits per heavy atom. The van der Waals surface area contributed by atoms with Gasteiger partial charge < -0.3 is 17.2 Å². The molecule has 3 heterocycles. The van der Waals surface area contributed by atoms with Gasteiger partial charge in [-0.05, 0) is 52.6 Å². The monoisotopic (exact) mass is 614 g/mol. The molecule has 0 spiro atoms. The molecule has 4 nitrogen and oxygen atoms in total. The summed E-state index contributed by atoms with van der Waals surface area (Å²) in [5.74, 6) is 0.743. The van der Waals surface area contributed by atoms with Crippen LogP contribution in [0.4, 0.5) is 0 Å². The highest BCUT2D eigenvalue weighted by atomic mass is 32.1. The van der Waals surface area contributed by atoms with Gasteiger partial charge in [0.05, 0.1) is 6.04 Å². The van der Waals surface area contributed by atoms with Crippen LogP contribution >= 0.6 is 34.0 Å². The molecule has 1 aliphatic carbocycles. The van der Waals surface area contributed by atoms with Crippen LogP contribution in [0.15, 0.2) is 76.9 Å². The first-order valence-electron chi connectivity index (χ1n) is 15.0. The van der Waals surface area contributed by atoms with Gasteiger partial charge in [-0.3, -0.25) is 0 Å². The van der Waals surface area contributed by atoms with Crippen molar-refractivity contribution in [2.24, 2.45) is 28.5 Å². The van der Waals surface area contributed by atoms with Crippen molar-refractivity contribution in [3.05, 3.63) is 97.3 Å². The predicted octanol–water partition coefficient (Wildman–Crippen LogP) is 10.4. The highest BCUT2D eigenvalue weighted by Crippen LogP contribution is 2.34. The highest BCUT2D eigenvalue weighted by Gasteiger charge is 2.23. The molecule has 0 amide bonds. The smallest absolute Gasteiger partial charge is 0.114 e. The molecule has 1 saturated carbocycles. The summed E-state index contributed by atoms with van der Waals surface area (Å²) in [7, 11) is 0. The van der Waals surface area contributed by atoms with Crippen LogP contribution in [0.5, 0.6) is 0 Å². The van der Waals surface area contributed by atoms with Crippen LogP contribution in [0.3, 0.4) is 0 Å². The summed E-state index contributed by atoms with van der Waals surface area (Å²) in [5.41, 5.74) is 19.5. The van der Waals surface area contributed by atoms with Crippen molar-refractivity contribution in [2.45, 2.75) is 98.7 Å². The van der Waals surface area contributed by atoms with Crippen molar-refractivity contribution >= 4 is 34.0 Å². The maximum atomic E-state index is 6.22. The Hall–Kier alpha value is -1.87. The van der Waals surface area contributed by atoms with Crippen LogP contribution in [0, 0.1) is 11.3 Å². The first-order chi connectivity index (χ1) is 19.8. The van der Waals surface area contributed by atoms with Gasteiger partial charge in [-0.2, -0.15) is 0 Å². The van der Waals surface area contributed by atoms with Crippen LogP contribution in [0.2, 0.25) is 0 Å². The number of nitrogens with zero attached hydrogens (tertiary/aromatic N) is 1. The van der Waals surface area contributed by atoms with E-state index in [1.165, 1.54) is 41.9 Å². The molecule has 1 aliphatic rings. The zero-order valence-corrected chi connectivity index (χ0v) is 28.7. The van der Waals surface area contributed by atoms with E-state index in [2.05, 4.69) is 54.7 Å². The lowest BCUT2D eigenvalue weighted by atomic mass is 9.84. The Morgan fingerprint density at radius 1 is 0.707 bits per heavy atom. The summed E-state index contributed by atoms with van der Waals surface area (Å²) in [4.78, 5) is 6.83. The van der Waals surface area contributed by atoms with E-state index in [9.17, 15) is 0 Å². The topological polar surface area (TPSA) is 91.0 Å². The number of thiophene rings is 2. The van der Waals surface area contributed by atoms with Gasteiger partial charge in [0, 0.05) is 33.4 Å². The minimum atomic E-state index is -0.0822. The van der Waals surface area contributed by atoms with Crippen LogP contribution in [0.1, 0.15) is 119 Å². The largest absolute Gasteiger partial charge is 0.323 e. The van der Waals surface area contributed by atoms with E-state index in [1.54, 1.807) is 40.2 Å². The Balaban J connectivity index is 0.000000291. The third-order valence-electron chi connectivity index (χ3n) is 6.69. The van der Waals surface area contributed by atoms with Crippen LogP contribution in [-0.4, -0.2) is 4.98 Å². The number of hydrogen-bond donors (Lipinski definition) is 3. The standard InChI is InChI=1S/C11H17NS.C10H10N2S.C9H15NS.2C2H6/c12-11(10-7-4-8-13-10)9-5-2-1-3-6-9;11-9(10-12-6-7-13-10)8-4-2-1-3-5-8;1-9(2,3)8(10)7-5-4-6-11-7;2*1-2/h4,7-9,11H,1-3,5-6,12H2;1-7,9H,11H2;4-6,8H,10H2,1-3H3;2*1-2H3. The second-order valence-electron chi connectivity index (χ2n) is 10.6. The van der Waals surface area contributed by atoms with E-state index in [4.69, 9.17) is 17.2 Å². The number of nitrogens with two attached hydrogens (primary N) is 3. The summed E-state index contributed by atoms with van der Waals surface area (Å²) in [5, 5.41) is 7.10. The van der Waals surface area contributed by atoms with Gasteiger partial charge in [0.25, 0.3) is 0 Å². The third-order valence-corrected chi connectivity index (χ3v) is 9.48. The first kappa shape index (κ1) is 37.2. The van der Waals surface area contributed by atoms with Crippen LogP contribution in [-0.2, 0) is 0 Å². The van der Waals surface area contributed by atoms with E-state index >= 15 is 0 Å². The minimum Gasteiger partial charge on any atom is -0.323 e. The Bertz CT molecular complexity index is 1080. The van der Waals surface area contributed by atoms with Crippen molar-refractivity contribution in [1.29, 1.82) is 0 Å². The van der Waals surface area contributed by atoms with Crippen LogP contribution in [0.25, 0.3) is 0 Å². The third kappa shape index (κ3) is 13.3. The molecule has 7 heteroatoms. The van der Waals surface area contributed by atoms with Crippen LogP contribution < -0.4 is 17.2 Å². The molecule has 3 atom stereocenters. The summed E-state index contributed by atoms with van der Waals surface area (Å²) < 4.78 is 0. The van der Waals surface area contributed by atoms with Gasteiger partial charge in [-0.15, -0.1) is 34.0 Å². The molecule has 1 aromatic carbocycles. The van der Waals surface area contributed by atoms with Gasteiger partial charge in [0.2, 0.25) is 0 Å². The zero-order valence-electron chi connectivity index (χ0n) is 26.3. The number of rotatable bonds is 5. The number of benzene rings is 1. The molecular formula is C34H54N4S3. The van der Waals surface area contributed by atoms with Crippen molar-refractivity contribution in [3.8, 4) is 0 Å². The van der Waals surface area contributed by atoms with Gasteiger partial charge in [-0.1, -0.05) is 110 Å². The summed E-state index contributed by atoms with van der Waals surface area (Å²) in [6, 6.07) is 18.8.